The van der Waals surface area contributed by atoms with Crippen LogP contribution in [0.1, 0.15) is 212 Å². The van der Waals surface area contributed by atoms with Crippen LogP contribution in [0.4, 0.5) is 0 Å². The van der Waals surface area contributed by atoms with Gasteiger partial charge in [0.05, 0.1) is 20.1 Å². The van der Waals surface area contributed by atoms with Crippen LogP contribution in [0, 0.1) is 0 Å². The molecule has 43 heavy (non-hydrogen) atoms. The summed E-state index contributed by atoms with van der Waals surface area (Å²) in [5.74, 6) is 0. The Labute approximate surface area is 273 Å². The zero-order valence-electron chi connectivity index (χ0n) is 30.2. The zero-order valence-corrected chi connectivity index (χ0v) is 30.2. The number of quaternary nitrogens is 1. The second kappa shape index (κ2) is 31.2. The number of hydrogen-bond acceptors (Lipinski definition) is 0. The van der Waals surface area contributed by atoms with E-state index in [1.165, 1.54) is 222 Å². The van der Waals surface area contributed by atoms with Gasteiger partial charge in [0.1, 0.15) is 6.54 Å². The van der Waals surface area contributed by atoms with E-state index >= 15 is 0 Å². The van der Waals surface area contributed by atoms with E-state index in [-0.39, 0.29) is 0 Å². The predicted molar refractivity (Wildman–Crippen MR) is 196 cm³/mol. The third-order valence-electron chi connectivity index (χ3n) is 10.0. The van der Waals surface area contributed by atoms with E-state index in [1.807, 2.05) is 0 Å². The lowest BCUT2D eigenvalue weighted by Gasteiger charge is -2.35. The monoisotopic (exact) mass is 599 g/mol. The van der Waals surface area contributed by atoms with Crippen LogP contribution in [0.3, 0.4) is 0 Å². The van der Waals surface area contributed by atoms with Crippen molar-refractivity contribution < 1.29 is 4.48 Å². The van der Waals surface area contributed by atoms with Gasteiger partial charge in [0, 0.05) is 5.56 Å². The first kappa shape index (κ1) is 40.2. The normalized spacial score (nSPS) is 11.9. The Morgan fingerprint density at radius 1 is 0.349 bits per heavy atom. The summed E-state index contributed by atoms with van der Waals surface area (Å²) >= 11 is 0. The number of benzene rings is 1. The summed E-state index contributed by atoms with van der Waals surface area (Å²) < 4.78 is 1.24. The van der Waals surface area contributed by atoms with E-state index in [0.717, 1.165) is 0 Å². The molecule has 0 N–H and O–H groups in total. The summed E-state index contributed by atoms with van der Waals surface area (Å²) in [6.45, 7) is 8.53. The molecule has 1 heteroatoms. The van der Waals surface area contributed by atoms with Gasteiger partial charge in [0.25, 0.3) is 0 Å². The van der Waals surface area contributed by atoms with Crippen LogP contribution in [0.15, 0.2) is 30.3 Å². The van der Waals surface area contributed by atoms with Crippen LogP contribution >= 0.6 is 0 Å². The predicted octanol–water partition coefficient (Wildman–Crippen LogP) is 14.4. The summed E-state index contributed by atoms with van der Waals surface area (Å²) in [5.41, 5.74) is 1.52. The summed E-state index contributed by atoms with van der Waals surface area (Å²) in [7, 11) is 2.54. The first-order valence-corrected chi connectivity index (χ1v) is 20.1. The second-order valence-electron chi connectivity index (χ2n) is 14.6. The van der Waals surface area contributed by atoms with E-state index in [1.54, 1.807) is 0 Å². The maximum Gasteiger partial charge on any atom is 0.104 e. The highest BCUT2D eigenvalue weighted by Crippen LogP contribution is 2.19. The molecule has 0 heterocycles. The maximum absolute atomic E-state index is 2.54. The molecule has 0 atom stereocenters. The Kier molecular flexibility index (Phi) is 29.1. The number of nitrogens with zero attached hydrogens (tertiary/aromatic N) is 1. The summed E-state index contributed by atoms with van der Waals surface area (Å²) in [6.07, 6.45) is 43.5. The molecule has 0 saturated heterocycles. The van der Waals surface area contributed by atoms with Crippen molar-refractivity contribution >= 4 is 0 Å². The lowest BCUT2D eigenvalue weighted by Crippen LogP contribution is -2.44. The van der Waals surface area contributed by atoms with Gasteiger partial charge in [-0.15, -0.1) is 0 Å². The highest BCUT2D eigenvalue weighted by Gasteiger charge is 2.21. The van der Waals surface area contributed by atoms with Crippen LogP contribution in [0.2, 0.25) is 0 Å². The fourth-order valence-corrected chi connectivity index (χ4v) is 7.02. The minimum atomic E-state index is 1.21. The average Bonchev–Trinajstić information content (AvgIpc) is 3.01. The second-order valence-corrected chi connectivity index (χ2v) is 14.6. The lowest BCUT2D eigenvalue weighted by atomic mass is 10.0. The Hall–Kier alpha value is -0.820. The van der Waals surface area contributed by atoms with Crippen LogP contribution in [0.5, 0.6) is 0 Å². The van der Waals surface area contributed by atoms with E-state index in [4.69, 9.17) is 0 Å². The zero-order chi connectivity index (χ0) is 30.9. The van der Waals surface area contributed by atoms with Gasteiger partial charge in [0.15, 0.2) is 0 Å². The molecule has 0 spiro atoms. The highest BCUT2D eigenvalue weighted by atomic mass is 15.3. The largest absolute Gasteiger partial charge is 0.322 e. The molecule has 1 aromatic carbocycles. The third kappa shape index (κ3) is 27.2. The fourth-order valence-electron chi connectivity index (χ4n) is 7.02. The molecule has 1 nitrogen and oxygen atoms in total. The van der Waals surface area contributed by atoms with Gasteiger partial charge in [0.2, 0.25) is 0 Å². The minimum Gasteiger partial charge on any atom is -0.322 e. The van der Waals surface area contributed by atoms with Gasteiger partial charge in [-0.3, -0.25) is 0 Å². The minimum absolute atomic E-state index is 1.21. The first-order valence-electron chi connectivity index (χ1n) is 20.1. The lowest BCUT2D eigenvalue weighted by molar-refractivity contribution is -0.923. The topological polar surface area (TPSA) is 0 Å². The standard InChI is InChI=1S/C42H80N/c1-4-6-8-10-12-14-16-18-20-22-24-26-28-30-35-39-43(3,41-42-37-33-32-34-38-42)40-36-31-29-27-25-23-21-19-17-15-13-11-9-7-5-2/h32-34,37-38H,4-31,35-36,39-41H2,1-3H3/q+1. The third-order valence-corrected chi connectivity index (χ3v) is 10.0. The summed E-state index contributed by atoms with van der Waals surface area (Å²) in [6, 6.07) is 11.3. The molecule has 0 bridgehead atoms. The molecule has 0 saturated carbocycles. The molecule has 0 aliphatic rings. The van der Waals surface area contributed by atoms with Gasteiger partial charge >= 0.3 is 0 Å². The molecule has 252 valence electrons. The molecule has 1 aromatic rings. The van der Waals surface area contributed by atoms with Crippen molar-refractivity contribution in [2.75, 3.05) is 20.1 Å². The molecule has 0 fully saturated rings. The molecule has 0 aromatic heterocycles. The average molecular weight is 599 g/mol. The SMILES string of the molecule is CCCCCCCCCCCCCCCCC[N+](C)(CCCCCCCCCCCCCCCCC)Cc1ccccc1. The van der Waals surface area contributed by atoms with Crippen LogP contribution < -0.4 is 0 Å². The Balaban J connectivity index is 2.08. The van der Waals surface area contributed by atoms with Gasteiger partial charge in [-0.25, -0.2) is 0 Å². The molecule has 0 unspecified atom stereocenters. The smallest absolute Gasteiger partial charge is 0.104 e. The van der Waals surface area contributed by atoms with Gasteiger partial charge in [-0.05, 0) is 25.7 Å². The molecular weight excluding hydrogens is 518 g/mol. The highest BCUT2D eigenvalue weighted by molar-refractivity contribution is 5.13. The molecule has 0 aliphatic heterocycles. The van der Waals surface area contributed by atoms with E-state index in [2.05, 4.69) is 51.2 Å². The van der Waals surface area contributed by atoms with Crippen molar-refractivity contribution in [1.29, 1.82) is 0 Å². The van der Waals surface area contributed by atoms with E-state index < -0.39 is 0 Å². The van der Waals surface area contributed by atoms with Crippen molar-refractivity contribution in [2.45, 2.75) is 213 Å². The number of rotatable bonds is 34. The van der Waals surface area contributed by atoms with Crippen molar-refractivity contribution in [3.8, 4) is 0 Å². The van der Waals surface area contributed by atoms with Crippen LogP contribution in [-0.2, 0) is 6.54 Å². The van der Waals surface area contributed by atoms with Gasteiger partial charge in [-0.2, -0.15) is 0 Å². The maximum atomic E-state index is 2.54. The summed E-state index contributed by atoms with van der Waals surface area (Å²) in [4.78, 5) is 0. The number of hydrogen-bond donors (Lipinski definition) is 0. The van der Waals surface area contributed by atoms with E-state index in [0.29, 0.717) is 0 Å². The number of unbranched alkanes of at least 4 members (excludes halogenated alkanes) is 28. The van der Waals surface area contributed by atoms with E-state index in [9.17, 15) is 0 Å². The van der Waals surface area contributed by atoms with Crippen molar-refractivity contribution in [1.82, 2.24) is 0 Å². The van der Waals surface area contributed by atoms with Crippen LogP contribution in [0.25, 0.3) is 0 Å². The van der Waals surface area contributed by atoms with Gasteiger partial charge < -0.3 is 4.48 Å². The Morgan fingerprint density at radius 2 is 0.605 bits per heavy atom. The molecule has 0 amide bonds. The summed E-state index contributed by atoms with van der Waals surface area (Å²) in [5, 5.41) is 0. The van der Waals surface area contributed by atoms with Crippen LogP contribution in [-0.4, -0.2) is 24.6 Å². The Bertz CT molecular complexity index is 618. The molecular formula is C42H80N+. The van der Waals surface area contributed by atoms with Crippen molar-refractivity contribution in [2.24, 2.45) is 0 Å². The van der Waals surface area contributed by atoms with Crippen molar-refractivity contribution in [3.63, 3.8) is 0 Å². The van der Waals surface area contributed by atoms with Gasteiger partial charge in [-0.1, -0.05) is 211 Å². The fraction of sp³-hybridized carbons (Fsp3) is 0.857. The molecule has 0 aliphatic carbocycles. The quantitative estimate of drug-likeness (QED) is 0.0547. The molecule has 0 radical (unpaired) electrons. The van der Waals surface area contributed by atoms with Crippen molar-refractivity contribution in [3.05, 3.63) is 35.9 Å². The molecule has 1 rings (SSSR count). The Morgan fingerprint density at radius 3 is 0.884 bits per heavy atom. The first-order chi connectivity index (χ1) is 21.2.